The number of aliphatic hydroxyl groups is 1. The molecule has 0 aliphatic rings. The molecular formula is C15H21NO4. The number of amides is 1. The Morgan fingerprint density at radius 2 is 2.00 bits per heavy atom. The number of carbonyl (C=O) groups is 2. The Bertz CT molecular complexity index is 477. The summed E-state index contributed by atoms with van der Waals surface area (Å²) < 4.78 is 5.05. The summed E-state index contributed by atoms with van der Waals surface area (Å²) >= 11 is 0. The average Bonchev–Trinajstić information content (AvgIpc) is 2.41. The van der Waals surface area contributed by atoms with Gasteiger partial charge in [-0.05, 0) is 26.0 Å². The molecule has 0 aromatic heterocycles. The second kappa shape index (κ2) is 7.05. The highest BCUT2D eigenvalue weighted by molar-refractivity contribution is 5.98. The van der Waals surface area contributed by atoms with Gasteiger partial charge in [0, 0.05) is 24.9 Å². The number of hydrogen-bond donors (Lipinski definition) is 2. The van der Waals surface area contributed by atoms with E-state index in [9.17, 15) is 14.7 Å². The van der Waals surface area contributed by atoms with Gasteiger partial charge in [-0.1, -0.05) is 12.1 Å². The third kappa shape index (κ3) is 5.84. The summed E-state index contributed by atoms with van der Waals surface area (Å²) in [5.41, 5.74) is -0.424. The van der Waals surface area contributed by atoms with E-state index in [1.54, 1.807) is 38.1 Å². The maximum atomic E-state index is 11.9. The molecule has 1 aromatic carbocycles. The summed E-state index contributed by atoms with van der Waals surface area (Å²) in [6, 6.07) is 6.84. The molecule has 2 N–H and O–H groups in total. The monoisotopic (exact) mass is 279 g/mol. The van der Waals surface area contributed by atoms with Crippen molar-refractivity contribution in [2.45, 2.75) is 32.3 Å². The minimum atomic E-state index is -0.952. The van der Waals surface area contributed by atoms with E-state index in [1.807, 2.05) is 0 Å². The molecule has 0 unspecified atom stereocenters. The van der Waals surface area contributed by atoms with Crippen molar-refractivity contribution in [2.75, 3.05) is 13.7 Å². The fraction of sp³-hybridized carbons (Fsp3) is 0.467. The summed E-state index contributed by atoms with van der Waals surface area (Å²) in [7, 11) is 1.54. The summed E-state index contributed by atoms with van der Waals surface area (Å²) in [4.78, 5) is 23.5. The van der Waals surface area contributed by atoms with Crippen molar-refractivity contribution in [2.24, 2.45) is 0 Å². The van der Waals surface area contributed by atoms with Gasteiger partial charge in [0.25, 0.3) is 0 Å². The first kappa shape index (κ1) is 16.2. The molecular weight excluding hydrogens is 258 g/mol. The fourth-order valence-corrected chi connectivity index (χ4v) is 1.57. The maximum absolute atomic E-state index is 11.9. The first-order valence-corrected chi connectivity index (χ1v) is 6.48. The van der Waals surface area contributed by atoms with Gasteiger partial charge in [0.1, 0.15) is 5.75 Å². The van der Waals surface area contributed by atoms with Crippen LogP contribution in [0.3, 0.4) is 0 Å². The largest absolute Gasteiger partial charge is 0.497 e. The van der Waals surface area contributed by atoms with Crippen LogP contribution in [0.2, 0.25) is 0 Å². The topological polar surface area (TPSA) is 75.6 Å². The molecule has 0 heterocycles. The third-order valence-corrected chi connectivity index (χ3v) is 2.69. The fourth-order valence-electron chi connectivity index (χ4n) is 1.57. The van der Waals surface area contributed by atoms with Crippen molar-refractivity contribution in [3.8, 4) is 5.75 Å². The number of hydrogen-bond acceptors (Lipinski definition) is 4. The Kier molecular flexibility index (Phi) is 5.70. The lowest BCUT2D eigenvalue weighted by Gasteiger charge is -2.17. The third-order valence-electron chi connectivity index (χ3n) is 2.69. The van der Waals surface area contributed by atoms with E-state index in [1.165, 1.54) is 7.11 Å². The smallest absolute Gasteiger partial charge is 0.220 e. The van der Waals surface area contributed by atoms with Crippen LogP contribution in [0.25, 0.3) is 0 Å². The highest BCUT2D eigenvalue weighted by atomic mass is 16.5. The van der Waals surface area contributed by atoms with E-state index >= 15 is 0 Å². The highest BCUT2D eigenvalue weighted by Gasteiger charge is 2.15. The molecule has 0 aliphatic heterocycles. The van der Waals surface area contributed by atoms with Crippen LogP contribution in [0.1, 0.15) is 37.0 Å². The minimum Gasteiger partial charge on any atom is -0.497 e. The summed E-state index contributed by atoms with van der Waals surface area (Å²) in [6.07, 6.45) is 0.233. The molecule has 1 amide bonds. The predicted octanol–water partition coefficient (Wildman–Crippen LogP) is 1.55. The quantitative estimate of drug-likeness (QED) is 0.742. The van der Waals surface area contributed by atoms with Gasteiger partial charge in [0.15, 0.2) is 5.78 Å². The van der Waals surface area contributed by atoms with Crippen LogP contribution in [-0.4, -0.2) is 36.1 Å². The zero-order valence-corrected chi connectivity index (χ0v) is 12.1. The number of benzene rings is 1. The van der Waals surface area contributed by atoms with E-state index in [-0.39, 0.29) is 31.1 Å². The molecule has 20 heavy (non-hydrogen) atoms. The maximum Gasteiger partial charge on any atom is 0.220 e. The van der Waals surface area contributed by atoms with Crippen LogP contribution in [-0.2, 0) is 4.79 Å². The molecule has 5 nitrogen and oxygen atoms in total. The minimum absolute atomic E-state index is 0.103. The van der Waals surface area contributed by atoms with E-state index in [0.717, 1.165) is 0 Å². The zero-order chi connectivity index (χ0) is 15.2. The van der Waals surface area contributed by atoms with Crippen LogP contribution in [0.5, 0.6) is 5.75 Å². The number of ketones is 1. The van der Waals surface area contributed by atoms with Gasteiger partial charge in [-0.3, -0.25) is 9.59 Å². The van der Waals surface area contributed by atoms with Crippen LogP contribution >= 0.6 is 0 Å². The van der Waals surface area contributed by atoms with Crippen LogP contribution in [0, 0.1) is 0 Å². The van der Waals surface area contributed by atoms with Crippen LogP contribution in [0.4, 0.5) is 0 Å². The van der Waals surface area contributed by atoms with Gasteiger partial charge < -0.3 is 15.2 Å². The Morgan fingerprint density at radius 3 is 2.60 bits per heavy atom. The normalized spacial score (nSPS) is 11.0. The molecule has 0 bridgehead atoms. The average molecular weight is 279 g/mol. The van der Waals surface area contributed by atoms with Gasteiger partial charge in [-0.15, -0.1) is 0 Å². The SMILES string of the molecule is COc1cccc(C(=O)CCC(=O)NCC(C)(C)O)c1. The van der Waals surface area contributed by atoms with Gasteiger partial charge >= 0.3 is 0 Å². The van der Waals surface area contributed by atoms with Crippen molar-refractivity contribution in [3.05, 3.63) is 29.8 Å². The van der Waals surface area contributed by atoms with Crippen LogP contribution in [0.15, 0.2) is 24.3 Å². The second-order valence-electron chi connectivity index (χ2n) is 5.24. The first-order valence-electron chi connectivity index (χ1n) is 6.48. The van der Waals surface area contributed by atoms with E-state index in [4.69, 9.17) is 4.74 Å². The number of ether oxygens (including phenoxy) is 1. The van der Waals surface area contributed by atoms with Crippen molar-refractivity contribution in [1.29, 1.82) is 0 Å². The lowest BCUT2D eigenvalue weighted by Crippen LogP contribution is -2.38. The molecule has 1 aromatic rings. The van der Waals surface area contributed by atoms with Crippen molar-refractivity contribution < 1.29 is 19.4 Å². The molecule has 0 saturated carbocycles. The molecule has 0 atom stereocenters. The Labute approximate surface area is 118 Å². The number of nitrogens with one attached hydrogen (secondary N) is 1. The molecule has 1 rings (SSSR count). The molecule has 0 aliphatic carbocycles. The van der Waals surface area contributed by atoms with Crippen molar-refractivity contribution in [3.63, 3.8) is 0 Å². The predicted molar refractivity (Wildman–Crippen MR) is 75.9 cm³/mol. The van der Waals surface area contributed by atoms with E-state index in [0.29, 0.717) is 11.3 Å². The van der Waals surface area contributed by atoms with Crippen LogP contribution < -0.4 is 10.1 Å². The Morgan fingerprint density at radius 1 is 1.30 bits per heavy atom. The van der Waals surface area contributed by atoms with E-state index < -0.39 is 5.60 Å². The standard InChI is InChI=1S/C15H21NO4/c1-15(2,19)10-16-14(18)8-7-13(17)11-5-4-6-12(9-11)20-3/h4-6,9,19H,7-8,10H2,1-3H3,(H,16,18). The summed E-state index contributed by atoms with van der Waals surface area (Å²) in [6.45, 7) is 3.38. The molecule has 5 heteroatoms. The second-order valence-corrected chi connectivity index (χ2v) is 5.24. The molecule has 0 saturated heterocycles. The highest BCUT2D eigenvalue weighted by Crippen LogP contribution is 2.14. The zero-order valence-electron chi connectivity index (χ0n) is 12.1. The van der Waals surface area contributed by atoms with Crippen molar-refractivity contribution >= 4 is 11.7 Å². The van der Waals surface area contributed by atoms with Gasteiger partial charge in [0.2, 0.25) is 5.91 Å². The molecule has 0 spiro atoms. The van der Waals surface area contributed by atoms with E-state index in [2.05, 4.69) is 5.32 Å². The van der Waals surface area contributed by atoms with Gasteiger partial charge in [-0.25, -0.2) is 0 Å². The van der Waals surface area contributed by atoms with Crippen molar-refractivity contribution in [1.82, 2.24) is 5.32 Å². The number of carbonyl (C=O) groups excluding carboxylic acids is 2. The lowest BCUT2D eigenvalue weighted by molar-refractivity contribution is -0.122. The van der Waals surface area contributed by atoms with Gasteiger partial charge in [0.05, 0.1) is 12.7 Å². The lowest BCUT2D eigenvalue weighted by atomic mass is 10.1. The molecule has 0 radical (unpaired) electrons. The Balaban J connectivity index is 2.44. The number of methoxy groups -OCH3 is 1. The Hall–Kier alpha value is -1.88. The number of rotatable bonds is 7. The number of Topliss-reactive ketones (excluding diaryl/α,β-unsaturated/α-hetero) is 1. The first-order chi connectivity index (χ1) is 9.31. The molecule has 110 valence electrons. The summed E-state index contributed by atoms with van der Waals surface area (Å²) in [5, 5.41) is 12.1. The molecule has 0 fully saturated rings. The van der Waals surface area contributed by atoms with Gasteiger partial charge in [-0.2, -0.15) is 0 Å². The summed E-state index contributed by atoms with van der Waals surface area (Å²) in [5.74, 6) is 0.257.